The lowest BCUT2D eigenvalue weighted by Crippen LogP contribution is -2.30. The molecule has 0 fully saturated rings. The number of furan rings is 5. The average molecular weight is 1680 g/mol. The smallest absolute Gasteiger partial charge is 0.227 e. The van der Waals surface area contributed by atoms with Gasteiger partial charge in [0.25, 0.3) is 0 Å². The van der Waals surface area contributed by atoms with Gasteiger partial charge in [0.2, 0.25) is 34.2 Å². The number of para-hydroxylation sites is 1. The number of hydrogen-bond donors (Lipinski definition) is 0. The number of hydrogen-bond acceptors (Lipinski definition) is 9. The highest BCUT2D eigenvalue weighted by Crippen LogP contribution is 2.42. The molecular weight excluding hydrogens is 1540 g/mol. The summed E-state index contributed by atoms with van der Waals surface area (Å²) in [7, 11) is 10.3. The van der Waals surface area contributed by atoms with Crippen molar-refractivity contribution in [2.24, 2.45) is 35.2 Å². The summed E-state index contributed by atoms with van der Waals surface area (Å²) in [5.41, 5.74) is 27.2. The van der Waals surface area contributed by atoms with Crippen LogP contribution in [0.4, 0.5) is 0 Å². The van der Waals surface area contributed by atoms with Crippen molar-refractivity contribution in [2.45, 2.75) is 173 Å². The molecule has 0 aliphatic heterocycles. The number of aryl methyl sites for hydroxylation is 10. The maximum Gasteiger partial charge on any atom is 0.227 e. The number of pyridine rings is 9. The molecule has 0 aliphatic rings. The van der Waals surface area contributed by atoms with E-state index in [-0.39, 0.29) is 0 Å². The maximum absolute atomic E-state index is 6.16. The van der Waals surface area contributed by atoms with Crippen molar-refractivity contribution < 1.29 is 44.9 Å². The molecule has 14 aromatic heterocycles. The standard InChI is InChI=1S/C19H16NO.4C18H15N2O.10C2H6/c1-13-10-11-15-14-7-3-4-9-17(14)21-19(15)18(13)16-8-5-6-12-20(16)2;1-12-8-9-13-14-6-5-10-19-18(14)21-17(13)16(12)15-7-3-4-11-20(15)2;1-12-8-9-13-17-15(7-5-10-19-17)21-18(13)16(12)14-6-3-4-11-20(14)2;1-12-6-7-14-13-8-9-19-11-16(13)21-18(14)17(12)15-5-3-4-10-20(15)2;1-12-6-7-13-14-11-19-9-8-16(14)21-18(13)17(12)15-5-3-4-10-20(15)2;10*1-2/h3-12H,1-2H3;4*3-11H,1-2H3;10*1-2H3/q5*+1;;;;;;;;;;. The van der Waals surface area contributed by atoms with Gasteiger partial charge >= 0.3 is 0 Å². The average Bonchev–Trinajstić information content (AvgIpc) is 1.65. The Balaban J connectivity index is 0.000000229. The number of rotatable bonds is 5. The van der Waals surface area contributed by atoms with Gasteiger partial charge in [-0.1, -0.05) is 211 Å². The summed E-state index contributed by atoms with van der Waals surface area (Å²) in [6.07, 6.45) is 21.1. The fraction of sp³-hybridized carbons (Fsp3) is 0.270. The van der Waals surface area contributed by atoms with Crippen molar-refractivity contribution in [3.05, 3.63) is 308 Å². The van der Waals surface area contributed by atoms with E-state index in [2.05, 4.69) is 283 Å². The maximum atomic E-state index is 6.16. The lowest BCUT2D eigenvalue weighted by molar-refractivity contribution is -0.660. The molecular formula is C111H136N9O5+5. The molecule has 0 spiro atoms. The zero-order valence-corrected chi connectivity index (χ0v) is 80.1. The van der Waals surface area contributed by atoms with Crippen LogP contribution in [0.2, 0.25) is 0 Å². The fourth-order valence-electron chi connectivity index (χ4n) is 14.5. The summed E-state index contributed by atoms with van der Waals surface area (Å²) < 4.78 is 41.1. The highest BCUT2D eigenvalue weighted by Gasteiger charge is 2.26. The molecule has 0 atom stereocenters. The highest BCUT2D eigenvalue weighted by molar-refractivity contribution is 6.13. The van der Waals surface area contributed by atoms with E-state index in [9.17, 15) is 0 Å². The zero-order chi connectivity index (χ0) is 92.0. The van der Waals surface area contributed by atoms with E-state index < -0.39 is 0 Å². The van der Waals surface area contributed by atoms with Crippen molar-refractivity contribution in [2.75, 3.05) is 0 Å². The molecule has 0 unspecified atom stereocenters. The second kappa shape index (κ2) is 50.9. The Morgan fingerprint density at radius 2 is 0.488 bits per heavy atom. The minimum atomic E-state index is 0.693. The highest BCUT2D eigenvalue weighted by atomic mass is 16.3. The van der Waals surface area contributed by atoms with Gasteiger partial charge < -0.3 is 22.1 Å². The van der Waals surface area contributed by atoms with Crippen molar-refractivity contribution in [3.63, 3.8) is 0 Å². The summed E-state index contributed by atoms with van der Waals surface area (Å²) in [5.74, 6) is 0. The van der Waals surface area contributed by atoms with Crippen LogP contribution in [-0.2, 0) is 35.2 Å². The fourth-order valence-corrected chi connectivity index (χ4v) is 14.5. The largest absolute Gasteiger partial charge is 0.455 e. The van der Waals surface area contributed by atoms with Crippen LogP contribution in [0.25, 0.3) is 166 Å². The summed E-state index contributed by atoms with van der Waals surface area (Å²) in [5, 5.41) is 10.0. The summed E-state index contributed by atoms with van der Waals surface area (Å²) >= 11 is 0. The number of fused-ring (bicyclic) bond motifs is 15. The van der Waals surface area contributed by atoms with Crippen molar-refractivity contribution in [3.8, 4) is 56.3 Å². The third kappa shape index (κ3) is 22.4. The van der Waals surface area contributed by atoms with E-state index >= 15 is 0 Å². The van der Waals surface area contributed by atoms with Gasteiger partial charge in [-0.15, -0.1) is 0 Å². The monoisotopic (exact) mass is 1680 g/mol. The molecule has 0 saturated heterocycles. The van der Waals surface area contributed by atoms with Crippen molar-refractivity contribution >= 4 is 110 Å². The Kier molecular flexibility index (Phi) is 40.9. The summed E-state index contributed by atoms with van der Waals surface area (Å²) in [4.78, 5) is 17.2. The predicted octanol–water partition coefficient (Wildman–Crippen LogP) is 29.8. The summed E-state index contributed by atoms with van der Waals surface area (Å²) in [6.45, 7) is 50.6. The molecule has 20 rings (SSSR count). The molecule has 0 saturated carbocycles. The van der Waals surface area contributed by atoms with Gasteiger partial charge in [-0.3, -0.25) is 15.0 Å². The van der Waals surface area contributed by atoms with Gasteiger partial charge in [-0.05, 0) is 141 Å². The molecule has 20 aromatic rings. The lowest BCUT2D eigenvalue weighted by Gasteiger charge is -2.04. The first kappa shape index (κ1) is 100. The van der Waals surface area contributed by atoms with E-state index in [0.29, 0.717) is 5.71 Å². The van der Waals surface area contributed by atoms with Gasteiger partial charge in [0, 0.05) is 140 Å². The van der Waals surface area contributed by atoms with Crippen LogP contribution in [0.3, 0.4) is 0 Å². The number of benzene rings is 6. The molecule has 14 heterocycles. The Morgan fingerprint density at radius 1 is 0.208 bits per heavy atom. The molecule has 0 amide bonds. The Bertz CT molecular complexity index is 5780. The third-order valence-electron chi connectivity index (χ3n) is 19.8. The van der Waals surface area contributed by atoms with Gasteiger partial charge in [0.1, 0.15) is 68.7 Å². The quantitative estimate of drug-likeness (QED) is 0.154. The topological polar surface area (TPSA) is 137 Å². The first-order valence-electron chi connectivity index (χ1n) is 45.0. The van der Waals surface area contributed by atoms with Gasteiger partial charge in [-0.25, -0.2) is 27.8 Å². The van der Waals surface area contributed by atoms with Crippen LogP contribution < -0.4 is 22.8 Å². The Morgan fingerprint density at radius 3 is 0.896 bits per heavy atom. The van der Waals surface area contributed by atoms with Gasteiger partial charge in [-0.2, -0.15) is 0 Å². The van der Waals surface area contributed by atoms with Crippen LogP contribution in [0.1, 0.15) is 166 Å². The van der Waals surface area contributed by atoms with Crippen molar-refractivity contribution in [1.29, 1.82) is 0 Å². The molecule has 0 N–H and O–H groups in total. The molecule has 0 bridgehead atoms. The SMILES string of the molecule is CC.CC.CC.CC.CC.CC.CC.CC.CC.CC.Cc1ccc2c(oc3ccccc32)c1-c1cccc[n+]1C.Cc1ccc2c(oc3cccnc32)c1-c1cccc[n+]1C.Cc1ccc2c(oc3ccncc32)c1-c1cccc[n+]1C.Cc1ccc2c(oc3cnccc32)c1-c1cccc[n+]1C.Cc1ccc2c(oc3ncccc32)c1-c1cccc[n+]1C. The molecule has 650 valence electrons. The van der Waals surface area contributed by atoms with Crippen molar-refractivity contribution in [1.82, 2.24) is 19.9 Å². The molecule has 14 nitrogen and oxygen atoms in total. The second-order valence-electron chi connectivity index (χ2n) is 26.6. The first-order valence-corrected chi connectivity index (χ1v) is 45.0. The minimum absolute atomic E-state index is 0.693. The molecule has 14 heteroatoms. The van der Waals surface area contributed by atoms with Crippen LogP contribution in [0.15, 0.2) is 303 Å². The van der Waals surface area contributed by atoms with E-state index in [1.54, 1.807) is 31.0 Å². The van der Waals surface area contributed by atoms with E-state index in [1.807, 2.05) is 217 Å². The zero-order valence-electron chi connectivity index (χ0n) is 80.1. The minimum Gasteiger partial charge on any atom is -0.455 e. The van der Waals surface area contributed by atoms with Crippen LogP contribution >= 0.6 is 0 Å². The molecule has 0 radical (unpaired) electrons. The van der Waals surface area contributed by atoms with E-state index in [1.165, 1.54) is 49.8 Å². The van der Waals surface area contributed by atoms with E-state index in [0.717, 1.165) is 138 Å². The number of nitrogens with zero attached hydrogens (tertiary/aromatic N) is 9. The Hall–Kier alpha value is -13.3. The van der Waals surface area contributed by atoms with Gasteiger partial charge in [0.05, 0.1) is 34.0 Å². The summed E-state index contributed by atoms with van der Waals surface area (Å²) in [6, 6.07) is 72.4. The molecule has 125 heavy (non-hydrogen) atoms. The Labute approximate surface area is 743 Å². The second-order valence-corrected chi connectivity index (χ2v) is 26.6. The predicted molar refractivity (Wildman–Crippen MR) is 530 cm³/mol. The van der Waals surface area contributed by atoms with Crippen LogP contribution in [-0.4, -0.2) is 19.9 Å². The first-order chi connectivity index (χ1) is 61.3. The third-order valence-corrected chi connectivity index (χ3v) is 19.8. The lowest BCUT2D eigenvalue weighted by atomic mass is 10.0. The number of aromatic nitrogens is 9. The normalized spacial score (nSPS) is 10.0. The molecule has 0 aliphatic carbocycles. The van der Waals surface area contributed by atoms with E-state index in [4.69, 9.17) is 22.1 Å². The molecule has 6 aromatic carbocycles. The van der Waals surface area contributed by atoms with Crippen LogP contribution in [0, 0.1) is 34.6 Å². The van der Waals surface area contributed by atoms with Gasteiger partial charge in [0.15, 0.2) is 53.3 Å². The van der Waals surface area contributed by atoms with Crippen LogP contribution in [0.5, 0.6) is 0 Å².